The topological polar surface area (TPSA) is 0 Å². The highest BCUT2D eigenvalue weighted by atomic mass is 14.0. The first-order chi connectivity index (χ1) is 11.7. The maximum atomic E-state index is 2.31. The average molecular weight is 359 g/mol. The second-order valence-electron chi connectivity index (χ2n) is 8.12. The van der Waals surface area contributed by atoms with Crippen molar-refractivity contribution in [3.8, 4) is 0 Å². The lowest BCUT2D eigenvalue weighted by Gasteiger charge is -2.05. The summed E-state index contributed by atoms with van der Waals surface area (Å²) in [7, 11) is 0. The van der Waals surface area contributed by atoms with E-state index in [0.29, 0.717) is 0 Å². The fraction of sp³-hybridized carbons (Fsp3) is 1.00. The largest absolute Gasteiger partial charge is 0.0654 e. The van der Waals surface area contributed by atoms with Crippen molar-refractivity contribution in [1.82, 2.24) is 0 Å². The molecule has 0 spiro atoms. The lowest BCUT2D eigenvalue weighted by molar-refractivity contribution is 0.477. The summed E-state index contributed by atoms with van der Waals surface area (Å²) in [5.74, 6) is 3.75. The summed E-state index contributed by atoms with van der Waals surface area (Å²) < 4.78 is 0. The van der Waals surface area contributed by atoms with Gasteiger partial charge < -0.3 is 0 Å². The fourth-order valence-electron chi connectivity index (χ4n) is 1.85. The Bertz CT molecular complexity index is 169. The molecule has 0 heteroatoms. The van der Waals surface area contributed by atoms with Crippen molar-refractivity contribution in [2.45, 2.75) is 141 Å². The van der Waals surface area contributed by atoms with Crippen LogP contribution in [-0.4, -0.2) is 0 Å². The third-order valence-electron chi connectivity index (χ3n) is 5.42. The zero-order valence-electron chi connectivity index (χ0n) is 20.7. The van der Waals surface area contributed by atoms with Crippen molar-refractivity contribution in [1.29, 1.82) is 0 Å². The maximum Gasteiger partial charge on any atom is -0.0422 e. The molecule has 0 nitrogen and oxygen atoms in total. The molecular formula is C25H58. The van der Waals surface area contributed by atoms with E-state index in [1.54, 1.807) is 0 Å². The molecule has 0 radical (unpaired) electrons. The minimum atomic E-state index is 0.884. The SMILES string of the molecule is CCC(C)C.CCC(C)CC.CCC(CC)CC.CCCC(C)CC. The first kappa shape index (κ1) is 32.7. The Kier molecular flexibility index (Phi) is 37.6. The van der Waals surface area contributed by atoms with Gasteiger partial charge in [0, 0.05) is 0 Å². The van der Waals surface area contributed by atoms with Crippen LogP contribution >= 0.6 is 0 Å². The van der Waals surface area contributed by atoms with Crippen molar-refractivity contribution in [2.24, 2.45) is 23.7 Å². The van der Waals surface area contributed by atoms with Crippen LogP contribution in [0.25, 0.3) is 0 Å². The molecule has 0 aromatic heterocycles. The van der Waals surface area contributed by atoms with E-state index < -0.39 is 0 Å². The average Bonchev–Trinajstić information content (AvgIpc) is 2.64. The summed E-state index contributed by atoms with van der Waals surface area (Å²) in [6.07, 6.45) is 12.1. The molecule has 0 saturated heterocycles. The molecule has 0 heterocycles. The zero-order valence-corrected chi connectivity index (χ0v) is 20.7. The van der Waals surface area contributed by atoms with E-state index in [2.05, 4.69) is 83.1 Å². The first-order valence-corrected chi connectivity index (χ1v) is 11.7. The highest BCUT2D eigenvalue weighted by Crippen LogP contribution is 2.10. The summed E-state index contributed by atoms with van der Waals surface area (Å²) in [6, 6.07) is 0. The first-order valence-electron chi connectivity index (χ1n) is 11.7. The third-order valence-corrected chi connectivity index (χ3v) is 5.42. The van der Waals surface area contributed by atoms with E-state index in [4.69, 9.17) is 0 Å². The highest BCUT2D eigenvalue weighted by Gasteiger charge is 1.95. The third kappa shape index (κ3) is 40.2. The van der Waals surface area contributed by atoms with Crippen LogP contribution in [0.1, 0.15) is 141 Å². The van der Waals surface area contributed by atoms with Gasteiger partial charge in [-0.25, -0.2) is 0 Å². The van der Waals surface area contributed by atoms with Crippen molar-refractivity contribution >= 4 is 0 Å². The van der Waals surface area contributed by atoms with Crippen LogP contribution < -0.4 is 0 Å². The van der Waals surface area contributed by atoms with Gasteiger partial charge in [-0.3, -0.25) is 0 Å². The van der Waals surface area contributed by atoms with Gasteiger partial charge in [0.1, 0.15) is 0 Å². The lowest BCUT2D eigenvalue weighted by atomic mass is 10.0. The molecule has 0 aliphatic carbocycles. The molecular weight excluding hydrogens is 300 g/mol. The Balaban J connectivity index is -0.000000119. The number of rotatable bonds is 9. The molecule has 0 N–H and O–H groups in total. The van der Waals surface area contributed by atoms with Gasteiger partial charge in [0.15, 0.2) is 0 Å². The molecule has 0 aliphatic rings. The van der Waals surface area contributed by atoms with E-state index in [9.17, 15) is 0 Å². The molecule has 0 fully saturated rings. The summed E-state index contributed by atoms with van der Waals surface area (Å²) >= 11 is 0. The van der Waals surface area contributed by atoms with Crippen LogP contribution in [0.3, 0.4) is 0 Å². The summed E-state index contributed by atoms with van der Waals surface area (Å²) in [4.78, 5) is 0. The van der Waals surface area contributed by atoms with Crippen molar-refractivity contribution in [2.75, 3.05) is 0 Å². The monoisotopic (exact) mass is 358 g/mol. The van der Waals surface area contributed by atoms with Crippen LogP contribution in [0, 0.1) is 23.7 Å². The summed E-state index contributed by atoms with van der Waals surface area (Å²) in [5.41, 5.74) is 0. The van der Waals surface area contributed by atoms with E-state index in [1.165, 1.54) is 57.8 Å². The van der Waals surface area contributed by atoms with Gasteiger partial charge in [-0.1, -0.05) is 141 Å². The smallest absolute Gasteiger partial charge is 0.0422 e. The molecule has 0 amide bonds. The van der Waals surface area contributed by atoms with E-state index in [-0.39, 0.29) is 0 Å². The minimum Gasteiger partial charge on any atom is -0.0654 e. The predicted molar refractivity (Wildman–Crippen MR) is 124 cm³/mol. The molecule has 158 valence electrons. The Morgan fingerprint density at radius 2 is 0.760 bits per heavy atom. The Morgan fingerprint density at radius 3 is 0.800 bits per heavy atom. The van der Waals surface area contributed by atoms with Crippen molar-refractivity contribution in [3.63, 3.8) is 0 Å². The molecule has 0 aromatic rings. The molecule has 0 aromatic carbocycles. The van der Waals surface area contributed by atoms with E-state index >= 15 is 0 Å². The van der Waals surface area contributed by atoms with Gasteiger partial charge in [-0.15, -0.1) is 0 Å². The van der Waals surface area contributed by atoms with Gasteiger partial charge in [0.05, 0.1) is 0 Å². The van der Waals surface area contributed by atoms with Crippen LogP contribution in [0.15, 0.2) is 0 Å². The van der Waals surface area contributed by atoms with Gasteiger partial charge >= 0.3 is 0 Å². The standard InChI is InChI=1S/2C7H16.C6H14.C5H12/c1-4-6-7(3)5-2;1-4-7(5-2)6-3;1-4-6(3)5-2;1-4-5(2)3/h2*7H,4-6H2,1-3H3;6H,4-5H2,1-3H3;5H,4H2,1-3H3. The minimum absolute atomic E-state index is 0.884. The van der Waals surface area contributed by atoms with Gasteiger partial charge in [0.2, 0.25) is 0 Å². The van der Waals surface area contributed by atoms with E-state index in [0.717, 1.165) is 23.7 Å². The van der Waals surface area contributed by atoms with Crippen molar-refractivity contribution in [3.05, 3.63) is 0 Å². The van der Waals surface area contributed by atoms with Crippen LogP contribution in [0.4, 0.5) is 0 Å². The Hall–Kier alpha value is 0. The van der Waals surface area contributed by atoms with Crippen LogP contribution in [0.2, 0.25) is 0 Å². The Morgan fingerprint density at radius 1 is 0.440 bits per heavy atom. The normalized spacial score (nSPS) is 11.2. The fourth-order valence-corrected chi connectivity index (χ4v) is 1.85. The molecule has 0 rings (SSSR count). The number of hydrogen-bond acceptors (Lipinski definition) is 0. The van der Waals surface area contributed by atoms with Gasteiger partial charge in [0.25, 0.3) is 0 Å². The quantitative estimate of drug-likeness (QED) is 0.384. The van der Waals surface area contributed by atoms with Crippen molar-refractivity contribution < 1.29 is 0 Å². The maximum absolute atomic E-state index is 2.31. The number of hydrogen-bond donors (Lipinski definition) is 0. The summed E-state index contributed by atoms with van der Waals surface area (Å²) in [5, 5.41) is 0. The van der Waals surface area contributed by atoms with E-state index in [1.807, 2.05) is 0 Å². The lowest BCUT2D eigenvalue weighted by Crippen LogP contribution is -1.91. The summed E-state index contributed by atoms with van der Waals surface area (Å²) in [6.45, 7) is 27.0. The van der Waals surface area contributed by atoms with Crippen LogP contribution in [0.5, 0.6) is 0 Å². The highest BCUT2D eigenvalue weighted by molar-refractivity contribution is 4.48. The predicted octanol–water partition coefficient (Wildman–Crippen LogP) is 10.2. The molecule has 0 aliphatic heterocycles. The zero-order chi connectivity index (χ0) is 20.7. The molecule has 25 heavy (non-hydrogen) atoms. The second-order valence-corrected chi connectivity index (χ2v) is 8.12. The second kappa shape index (κ2) is 28.8. The van der Waals surface area contributed by atoms with Crippen LogP contribution in [-0.2, 0) is 0 Å². The van der Waals surface area contributed by atoms with Gasteiger partial charge in [-0.05, 0) is 23.7 Å². The molecule has 1 atom stereocenters. The molecule has 0 bridgehead atoms. The Labute approximate surface area is 165 Å². The molecule has 0 saturated carbocycles. The molecule has 1 unspecified atom stereocenters. The van der Waals surface area contributed by atoms with Gasteiger partial charge in [-0.2, -0.15) is 0 Å².